The van der Waals surface area contributed by atoms with E-state index in [1.165, 1.54) is 0 Å². The number of piperidine rings is 1. The Morgan fingerprint density at radius 2 is 1.85 bits per heavy atom. The summed E-state index contributed by atoms with van der Waals surface area (Å²) in [6.07, 6.45) is 7.54. The van der Waals surface area contributed by atoms with E-state index in [1.54, 1.807) is 7.11 Å². The van der Waals surface area contributed by atoms with Crippen molar-refractivity contribution in [3.8, 4) is 16.9 Å². The maximum atomic E-state index is 13.1. The molecule has 6 heteroatoms. The van der Waals surface area contributed by atoms with Crippen LogP contribution in [-0.2, 0) is 17.8 Å². The van der Waals surface area contributed by atoms with Crippen LogP contribution in [-0.4, -0.2) is 41.0 Å². The maximum Gasteiger partial charge on any atom is 0.227 e. The lowest BCUT2D eigenvalue weighted by Gasteiger charge is -2.31. The Bertz CT molecular complexity index is 1060. The van der Waals surface area contributed by atoms with Gasteiger partial charge >= 0.3 is 0 Å². The summed E-state index contributed by atoms with van der Waals surface area (Å²) < 4.78 is 5.36. The fraction of sp³-hybridized carbons (Fsp3) is 0.370. The molecule has 4 rings (SSSR count). The molecule has 0 aliphatic carbocycles. The maximum absolute atomic E-state index is 13.1. The number of para-hydroxylation sites is 1. The molecule has 2 aromatic carbocycles. The first-order valence-corrected chi connectivity index (χ1v) is 11.7. The van der Waals surface area contributed by atoms with Crippen LogP contribution < -0.4 is 10.1 Å². The molecule has 0 saturated carbocycles. The van der Waals surface area contributed by atoms with E-state index in [-0.39, 0.29) is 11.8 Å². The van der Waals surface area contributed by atoms with Crippen molar-refractivity contribution in [1.82, 2.24) is 14.9 Å². The molecule has 1 fully saturated rings. The number of benzene rings is 2. The van der Waals surface area contributed by atoms with Gasteiger partial charge < -0.3 is 10.1 Å². The Balaban J connectivity index is 1.34. The minimum absolute atomic E-state index is 0.0165. The third-order valence-electron chi connectivity index (χ3n) is 6.16. The smallest absolute Gasteiger partial charge is 0.227 e. The summed E-state index contributed by atoms with van der Waals surface area (Å²) in [5.41, 5.74) is 3.98. The number of rotatable bonds is 8. The number of amides is 1. The van der Waals surface area contributed by atoms with Crippen LogP contribution >= 0.6 is 0 Å². The summed E-state index contributed by atoms with van der Waals surface area (Å²) in [4.78, 5) is 24.4. The van der Waals surface area contributed by atoms with Crippen molar-refractivity contribution in [2.45, 2.75) is 39.2 Å². The first-order valence-electron chi connectivity index (χ1n) is 11.7. The third kappa shape index (κ3) is 5.96. The molecule has 1 N–H and O–H groups in total. The van der Waals surface area contributed by atoms with E-state index in [9.17, 15) is 4.79 Å². The fourth-order valence-corrected chi connectivity index (χ4v) is 4.30. The molecule has 1 saturated heterocycles. The molecule has 172 valence electrons. The summed E-state index contributed by atoms with van der Waals surface area (Å²) >= 11 is 0. The highest BCUT2D eigenvalue weighted by Gasteiger charge is 2.25. The highest BCUT2D eigenvalue weighted by molar-refractivity contribution is 5.96. The second-order valence-electron chi connectivity index (χ2n) is 8.57. The Kier molecular flexibility index (Phi) is 7.68. The number of methoxy groups -OCH3 is 1. The van der Waals surface area contributed by atoms with E-state index in [0.717, 1.165) is 79.3 Å². The van der Waals surface area contributed by atoms with Crippen LogP contribution in [0.1, 0.15) is 37.6 Å². The number of anilines is 1. The zero-order valence-corrected chi connectivity index (χ0v) is 19.5. The summed E-state index contributed by atoms with van der Waals surface area (Å²) in [7, 11) is 1.66. The number of hydrogen-bond donors (Lipinski definition) is 1. The lowest BCUT2D eigenvalue weighted by Crippen LogP contribution is -2.37. The lowest BCUT2D eigenvalue weighted by atomic mass is 9.95. The van der Waals surface area contributed by atoms with Gasteiger partial charge in [0.2, 0.25) is 5.91 Å². The van der Waals surface area contributed by atoms with Gasteiger partial charge in [-0.2, -0.15) is 0 Å². The highest BCUT2D eigenvalue weighted by Crippen LogP contribution is 2.31. The van der Waals surface area contributed by atoms with Crippen molar-refractivity contribution in [2.75, 3.05) is 25.5 Å². The van der Waals surface area contributed by atoms with E-state index in [0.29, 0.717) is 0 Å². The average molecular weight is 445 g/mol. The van der Waals surface area contributed by atoms with Gasteiger partial charge in [-0.1, -0.05) is 37.3 Å². The van der Waals surface area contributed by atoms with Gasteiger partial charge in [0.25, 0.3) is 0 Å². The molecular weight excluding hydrogens is 412 g/mol. The molecule has 0 atom stereocenters. The average Bonchev–Trinajstić information content (AvgIpc) is 2.86. The van der Waals surface area contributed by atoms with Gasteiger partial charge in [0.1, 0.15) is 11.6 Å². The normalized spacial score (nSPS) is 14.7. The fourth-order valence-electron chi connectivity index (χ4n) is 4.30. The molecule has 1 amide bonds. The van der Waals surface area contributed by atoms with Crippen molar-refractivity contribution in [3.05, 3.63) is 72.3 Å². The SMILES string of the molecule is CCCc1ncc(CN2CCC(C(=O)Nc3ccccc3-c3cccc(OC)c3)CC2)cn1. The second-order valence-corrected chi connectivity index (χ2v) is 8.57. The zero-order chi connectivity index (χ0) is 23.0. The number of nitrogens with one attached hydrogen (secondary N) is 1. The first-order chi connectivity index (χ1) is 16.2. The van der Waals surface area contributed by atoms with Gasteiger partial charge in [-0.15, -0.1) is 0 Å². The predicted molar refractivity (Wildman–Crippen MR) is 131 cm³/mol. The van der Waals surface area contributed by atoms with E-state index in [1.807, 2.05) is 60.9 Å². The molecule has 0 bridgehead atoms. The van der Waals surface area contributed by atoms with Crippen LogP contribution in [0.15, 0.2) is 60.9 Å². The lowest BCUT2D eigenvalue weighted by molar-refractivity contribution is -0.121. The van der Waals surface area contributed by atoms with Crippen LogP contribution in [0.4, 0.5) is 5.69 Å². The second kappa shape index (κ2) is 11.1. The Morgan fingerprint density at radius 1 is 1.09 bits per heavy atom. The summed E-state index contributed by atoms with van der Waals surface area (Å²) in [6.45, 7) is 4.76. The molecule has 0 unspecified atom stereocenters. The molecule has 0 radical (unpaired) electrons. The Labute approximate surface area is 196 Å². The molecule has 1 aromatic heterocycles. The largest absolute Gasteiger partial charge is 0.497 e. The van der Waals surface area contributed by atoms with Crippen molar-refractivity contribution >= 4 is 11.6 Å². The van der Waals surface area contributed by atoms with E-state index >= 15 is 0 Å². The molecule has 33 heavy (non-hydrogen) atoms. The van der Waals surface area contributed by atoms with Gasteiger partial charge in [0.15, 0.2) is 0 Å². The molecular formula is C27H32N4O2. The first kappa shape index (κ1) is 22.9. The van der Waals surface area contributed by atoms with E-state index < -0.39 is 0 Å². The number of carbonyl (C=O) groups is 1. The Morgan fingerprint density at radius 3 is 2.58 bits per heavy atom. The summed E-state index contributed by atoms with van der Waals surface area (Å²) in [6, 6.07) is 15.8. The summed E-state index contributed by atoms with van der Waals surface area (Å²) in [5, 5.41) is 3.18. The minimum atomic E-state index is 0.0165. The quantitative estimate of drug-likeness (QED) is 0.532. The number of aryl methyl sites for hydroxylation is 1. The summed E-state index contributed by atoms with van der Waals surface area (Å²) in [5.74, 6) is 1.82. The standard InChI is InChI=1S/C27H32N4O2/c1-3-7-26-28-17-20(18-29-26)19-31-14-12-21(13-15-31)27(32)30-25-11-5-4-10-24(25)22-8-6-9-23(16-22)33-2/h4-6,8-11,16-18,21H,3,7,12-15,19H2,1-2H3,(H,30,32). The van der Waals surface area contributed by atoms with Gasteiger partial charge in [-0.05, 0) is 56.1 Å². The zero-order valence-electron chi connectivity index (χ0n) is 19.5. The molecule has 1 aliphatic heterocycles. The topological polar surface area (TPSA) is 67.4 Å². The van der Waals surface area contributed by atoms with Crippen LogP contribution in [0.2, 0.25) is 0 Å². The van der Waals surface area contributed by atoms with Gasteiger partial charge in [0.05, 0.1) is 7.11 Å². The van der Waals surface area contributed by atoms with Crippen molar-refractivity contribution in [2.24, 2.45) is 5.92 Å². The van der Waals surface area contributed by atoms with Crippen molar-refractivity contribution < 1.29 is 9.53 Å². The number of hydrogen-bond acceptors (Lipinski definition) is 5. The molecule has 2 heterocycles. The molecule has 6 nitrogen and oxygen atoms in total. The minimum Gasteiger partial charge on any atom is -0.497 e. The van der Waals surface area contributed by atoms with Crippen LogP contribution in [0.3, 0.4) is 0 Å². The molecule has 0 spiro atoms. The van der Waals surface area contributed by atoms with E-state index in [2.05, 4.69) is 27.1 Å². The number of likely N-dealkylation sites (tertiary alicyclic amines) is 1. The molecule has 1 aliphatic rings. The highest BCUT2D eigenvalue weighted by atomic mass is 16.5. The van der Waals surface area contributed by atoms with Crippen LogP contribution in [0.5, 0.6) is 5.75 Å². The van der Waals surface area contributed by atoms with Gasteiger partial charge in [0, 0.05) is 48.1 Å². The molecule has 3 aromatic rings. The number of nitrogens with zero attached hydrogens (tertiary/aromatic N) is 3. The van der Waals surface area contributed by atoms with Crippen LogP contribution in [0, 0.1) is 5.92 Å². The van der Waals surface area contributed by atoms with Gasteiger partial charge in [-0.25, -0.2) is 9.97 Å². The van der Waals surface area contributed by atoms with Crippen molar-refractivity contribution in [3.63, 3.8) is 0 Å². The monoisotopic (exact) mass is 444 g/mol. The van der Waals surface area contributed by atoms with E-state index in [4.69, 9.17) is 4.74 Å². The number of ether oxygens (including phenoxy) is 1. The number of carbonyl (C=O) groups excluding carboxylic acids is 1. The Hall–Kier alpha value is -3.25. The predicted octanol–water partition coefficient (Wildman–Crippen LogP) is 4.96. The van der Waals surface area contributed by atoms with Gasteiger partial charge in [-0.3, -0.25) is 9.69 Å². The third-order valence-corrected chi connectivity index (χ3v) is 6.16. The number of aromatic nitrogens is 2. The van der Waals surface area contributed by atoms with Crippen LogP contribution in [0.25, 0.3) is 11.1 Å². The van der Waals surface area contributed by atoms with Crippen molar-refractivity contribution in [1.29, 1.82) is 0 Å².